The van der Waals surface area contributed by atoms with E-state index in [1.54, 1.807) is 13.1 Å². The highest BCUT2D eigenvalue weighted by molar-refractivity contribution is 5.82. The second kappa shape index (κ2) is 10.1. The molecule has 2 aromatic heterocycles. The highest BCUT2D eigenvalue weighted by Crippen LogP contribution is 2.36. The number of imidazole rings is 1. The fraction of sp³-hybridized carbons (Fsp3) is 0.345. The van der Waals surface area contributed by atoms with Gasteiger partial charge in [-0.2, -0.15) is 0 Å². The van der Waals surface area contributed by atoms with E-state index in [0.29, 0.717) is 29.7 Å². The van der Waals surface area contributed by atoms with Crippen LogP contribution >= 0.6 is 0 Å². The lowest BCUT2D eigenvalue weighted by Gasteiger charge is -2.29. The predicted octanol–water partition coefficient (Wildman–Crippen LogP) is 5.70. The van der Waals surface area contributed by atoms with Crippen molar-refractivity contribution in [2.24, 2.45) is 5.92 Å². The second-order valence-electron chi connectivity index (χ2n) is 9.72. The summed E-state index contributed by atoms with van der Waals surface area (Å²) in [6, 6.07) is 13.5. The molecule has 0 aliphatic carbocycles. The third kappa shape index (κ3) is 4.70. The number of ether oxygens (including phenoxy) is 1. The number of aliphatic hydroxyl groups is 1. The van der Waals surface area contributed by atoms with Gasteiger partial charge < -0.3 is 14.7 Å². The van der Waals surface area contributed by atoms with Crippen LogP contribution in [0.3, 0.4) is 0 Å². The Morgan fingerprint density at radius 2 is 1.97 bits per heavy atom. The van der Waals surface area contributed by atoms with E-state index in [-0.39, 0.29) is 0 Å². The molecule has 2 aromatic carbocycles. The van der Waals surface area contributed by atoms with Gasteiger partial charge in [0.1, 0.15) is 0 Å². The molecule has 1 fully saturated rings. The van der Waals surface area contributed by atoms with Crippen LogP contribution in [0.25, 0.3) is 33.0 Å². The van der Waals surface area contributed by atoms with E-state index in [1.807, 2.05) is 53.9 Å². The van der Waals surface area contributed by atoms with Crippen LogP contribution in [0.4, 0.5) is 5.69 Å². The number of aryl methyl sites for hydroxylation is 1. The lowest BCUT2D eigenvalue weighted by Crippen LogP contribution is -2.34. The van der Waals surface area contributed by atoms with Gasteiger partial charge >= 0.3 is 0 Å². The van der Waals surface area contributed by atoms with E-state index in [9.17, 15) is 5.11 Å². The highest BCUT2D eigenvalue weighted by Gasteiger charge is 2.22. The summed E-state index contributed by atoms with van der Waals surface area (Å²) in [5.41, 5.74) is 6.68. The third-order valence-electron chi connectivity index (χ3n) is 6.95. The monoisotopic (exact) mass is 481 g/mol. The molecule has 4 aromatic rings. The first kappa shape index (κ1) is 24.0. The zero-order valence-electron chi connectivity index (χ0n) is 21.0. The van der Waals surface area contributed by atoms with Crippen LogP contribution < -0.4 is 4.74 Å². The van der Waals surface area contributed by atoms with Gasteiger partial charge in [-0.25, -0.2) is 14.8 Å². The molecule has 7 heteroatoms. The van der Waals surface area contributed by atoms with Crippen LogP contribution in [0.2, 0.25) is 0 Å². The quantitative estimate of drug-likeness (QED) is 0.358. The highest BCUT2D eigenvalue weighted by atomic mass is 16.5. The zero-order valence-corrected chi connectivity index (χ0v) is 21.0. The molecule has 184 valence electrons. The summed E-state index contributed by atoms with van der Waals surface area (Å²) in [7, 11) is 2.15. The Balaban J connectivity index is 1.63. The number of hydrogen-bond donors (Lipinski definition) is 1. The molecule has 1 aliphatic rings. The van der Waals surface area contributed by atoms with E-state index in [0.717, 1.165) is 53.2 Å². The molecule has 7 nitrogen and oxygen atoms in total. The van der Waals surface area contributed by atoms with Gasteiger partial charge in [0.05, 0.1) is 30.7 Å². The Morgan fingerprint density at radius 3 is 2.67 bits per heavy atom. The number of benzene rings is 2. The van der Waals surface area contributed by atoms with Crippen LogP contribution in [-0.2, 0) is 0 Å². The number of likely N-dealkylation sites (tertiary alicyclic amines) is 1. The maximum atomic E-state index is 10.1. The summed E-state index contributed by atoms with van der Waals surface area (Å²) in [6.07, 6.45) is 5.48. The summed E-state index contributed by atoms with van der Waals surface area (Å²) in [5.74, 6) is 0.968. The summed E-state index contributed by atoms with van der Waals surface area (Å²) in [6.45, 7) is 13.8. The van der Waals surface area contributed by atoms with Crippen molar-refractivity contribution in [3.63, 3.8) is 0 Å². The second-order valence-corrected chi connectivity index (χ2v) is 9.72. The SMILES string of the molecule is [C-]#[N+]c1ccc(-c2nc(OC[C@@H]3CCCN(C)C3)c3nccn3c2-c2ccc(C(C)O)c(C)c2)cc1. The molecule has 1 aliphatic heterocycles. The van der Waals surface area contributed by atoms with E-state index >= 15 is 0 Å². The minimum atomic E-state index is -0.541. The van der Waals surface area contributed by atoms with Crippen molar-refractivity contribution in [2.75, 3.05) is 26.7 Å². The van der Waals surface area contributed by atoms with E-state index < -0.39 is 6.10 Å². The van der Waals surface area contributed by atoms with Crippen molar-refractivity contribution in [3.8, 4) is 28.4 Å². The average Bonchev–Trinajstić information content (AvgIpc) is 3.37. The van der Waals surface area contributed by atoms with Crippen LogP contribution in [-0.4, -0.2) is 51.1 Å². The number of piperidine rings is 1. The molecular formula is C29H31N5O2. The first-order valence-electron chi connectivity index (χ1n) is 12.4. The van der Waals surface area contributed by atoms with E-state index in [4.69, 9.17) is 16.3 Å². The molecule has 3 heterocycles. The number of nitrogens with zero attached hydrogens (tertiary/aromatic N) is 5. The number of aromatic nitrogens is 3. The van der Waals surface area contributed by atoms with Gasteiger partial charge in [0, 0.05) is 30.4 Å². The van der Waals surface area contributed by atoms with Crippen LogP contribution in [0.15, 0.2) is 54.9 Å². The van der Waals surface area contributed by atoms with Crippen LogP contribution in [0.5, 0.6) is 5.88 Å². The molecule has 5 rings (SSSR count). The van der Waals surface area contributed by atoms with Gasteiger partial charge in [0.25, 0.3) is 5.88 Å². The third-order valence-corrected chi connectivity index (χ3v) is 6.95. The van der Waals surface area contributed by atoms with Crippen molar-refractivity contribution < 1.29 is 9.84 Å². The Labute approximate surface area is 211 Å². The van der Waals surface area contributed by atoms with Crippen molar-refractivity contribution in [1.29, 1.82) is 0 Å². The molecule has 1 saturated heterocycles. The number of aliphatic hydroxyl groups excluding tert-OH is 1. The van der Waals surface area contributed by atoms with Crippen molar-refractivity contribution in [1.82, 2.24) is 19.3 Å². The van der Waals surface area contributed by atoms with Gasteiger partial charge in [-0.15, -0.1) is 0 Å². The molecule has 0 spiro atoms. The topological polar surface area (TPSA) is 67.2 Å². The lowest BCUT2D eigenvalue weighted by atomic mass is 9.97. The molecular weight excluding hydrogens is 450 g/mol. The van der Waals surface area contributed by atoms with Crippen LogP contribution in [0.1, 0.15) is 37.0 Å². The zero-order chi connectivity index (χ0) is 25.2. The predicted molar refractivity (Wildman–Crippen MR) is 141 cm³/mol. The largest absolute Gasteiger partial charge is 0.475 e. The molecule has 0 radical (unpaired) electrons. The molecule has 1 N–H and O–H groups in total. The molecule has 36 heavy (non-hydrogen) atoms. The van der Waals surface area contributed by atoms with Gasteiger partial charge in [-0.05, 0) is 63.0 Å². The molecule has 0 amide bonds. The van der Waals surface area contributed by atoms with Gasteiger partial charge in [-0.3, -0.25) is 4.40 Å². The average molecular weight is 482 g/mol. The molecule has 0 saturated carbocycles. The normalized spacial score (nSPS) is 17.1. The lowest BCUT2D eigenvalue weighted by molar-refractivity contribution is 0.148. The molecule has 0 bridgehead atoms. The Hall–Kier alpha value is -3.73. The Kier molecular flexibility index (Phi) is 6.73. The number of fused-ring (bicyclic) bond motifs is 1. The van der Waals surface area contributed by atoms with Crippen molar-refractivity contribution in [2.45, 2.75) is 32.8 Å². The summed E-state index contributed by atoms with van der Waals surface area (Å²) < 4.78 is 8.37. The summed E-state index contributed by atoms with van der Waals surface area (Å²) in [5, 5.41) is 10.1. The maximum absolute atomic E-state index is 10.1. The first-order valence-corrected chi connectivity index (χ1v) is 12.4. The van der Waals surface area contributed by atoms with Gasteiger partial charge in [-0.1, -0.05) is 36.4 Å². The van der Waals surface area contributed by atoms with Gasteiger partial charge in [0.2, 0.25) is 5.65 Å². The Bertz CT molecular complexity index is 1420. The van der Waals surface area contributed by atoms with E-state index in [2.05, 4.69) is 27.8 Å². The smallest absolute Gasteiger partial charge is 0.259 e. The van der Waals surface area contributed by atoms with E-state index in [1.165, 1.54) is 6.42 Å². The van der Waals surface area contributed by atoms with Crippen molar-refractivity contribution in [3.05, 3.63) is 77.4 Å². The Morgan fingerprint density at radius 1 is 1.19 bits per heavy atom. The minimum Gasteiger partial charge on any atom is -0.475 e. The molecule has 1 unspecified atom stereocenters. The fourth-order valence-corrected chi connectivity index (χ4v) is 5.13. The number of rotatable bonds is 6. The van der Waals surface area contributed by atoms with Crippen LogP contribution in [0, 0.1) is 19.4 Å². The number of hydrogen-bond acceptors (Lipinski definition) is 5. The molecule has 2 atom stereocenters. The maximum Gasteiger partial charge on any atom is 0.259 e. The minimum absolute atomic E-state index is 0.456. The summed E-state index contributed by atoms with van der Waals surface area (Å²) in [4.78, 5) is 15.5. The van der Waals surface area contributed by atoms with Crippen molar-refractivity contribution >= 4 is 11.3 Å². The first-order chi connectivity index (χ1) is 17.4. The van der Waals surface area contributed by atoms with Gasteiger partial charge in [0.15, 0.2) is 5.69 Å². The fourth-order valence-electron chi connectivity index (χ4n) is 5.13. The standard InChI is InChI=1S/C29H31N5O2/c1-19-16-23(9-12-25(19)20(2)35)27-26(22-7-10-24(30-3)11-8-22)32-29(28-31-13-15-34(27)28)36-18-21-6-5-14-33(4)17-21/h7-13,15-16,20-21,35H,5-6,14,17-18H2,1-2,4H3/t20?,21-/m1/s1. The summed E-state index contributed by atoms with van der Waals surface area (Å²) >= 11 is 0.